The van der Waals surface area contributed by atoms with Gasteiger partial charge in [0.1, 0.15) is 11.6 Å². The molecule has 2 aliphatic heterocycles. The molecule has 1 atom stereocenters. The van der Waals surface area contributed by atoms with Crippen molar-refractivity contribution in [2.75, 3.05) is 62.0 Å². The minimum absolute atomic E-state index is 0.254. The molecule has 4 rings (SSSR count). The molecule has 2 aromatic heterocycles. The van der Waals surface area contributed by atoms with Gasteiger partial charge in [-0.15, -0.1) is 0 Å². The summed E-state index contributed by atoms with van der Waals surface area (Å²) in [4.78, 5) is 9.30. The third-order valence-corrected chi connectivity index (χ3v) is 7.15. The Balaban J connectivity index is 1.70. The van der Waals surface area contributed by atoms with Crippen molar-refractivity contribution >= 4 is 49.9 Å². The van der Waals surface area contributed by atoms with E-state index < -0.39 is 10.0 Å². The molecule has 0 aromatic carbocycles. The molecule has 4 heterocycles. The van der Waals surface area contributed by atoms with Crippen LogP contribution in [0.3, 0.4) is 0 Å². The van der Waals surface area contributed by atoms with Gasteiger partial charge in [0.2, 0.25) is 10.0 Å². The summed E-state index contributed by atoms with van der Waals surface area (Å²) in [6.07, 6.45) is 3.08. The molecule has 148 valence electrons. The van der Waals surface area contributed by atoms with Gasteiger partial charge in [0.15, 0.2) is 5.65 Å². The van der Waals surface area contributed by atoms with Crippen LogP contribution in [0.15, 0.2) is 12.3 Å². The van der Waals surface area contributed by atoms with Crippen LogP contribution in [0.4, 0.5) is 11.6 Å². The molecule has 2 fully saturated rings. The largest absolute Gasteiger partial charge is 0.377 e. The van der Waals surface area contributed by atoms with Crippen LogP contribution < -0.4 is 9.80 Å². The number of nitrogens with zero attached hydrogens (tertiary/aromatic N) is 6. The van der Waals surface area contributed by atoms with Crippen molar-refractivity contribution in [2.45, 2.75) is 13.0 Å². The van der Waals surface area contributed by atoms with Gasteiger partial charge >= 0.3 is 0 Å². The maximum atomic E-state index is 11.8. The van der Waals surface area contributed by atoms with Crippen molar-refractivity contribution in [1.29, 1.82) is 0 Å². The molecule has 0 spiro atoms. The number of halogens is 1. The molecule has 0 unspecified atom stereocenters. The number of sulfonamides is 1. The summed E-state index contributed by atoms with van der Waals surface area (Å²) >= 11 is 2.25. The zero-order valence-corrected chi connectivity index (χ0v) is 18.4. The maximum absolute atomic E-state index is 11.8. The van der Waals surface area contributed by atoms with Crippen LogP contribution in [0.1, 0.15) is 6.92 Å². The quantitative estimate of drug-likeness (QED) is 0.566. The highest BCUT2D eigenvalue weighted by atomic mass is 127. The van der Waals surface area contributed by atoms with Gasteiger partial charge in [-0.3, -0.25) is 0 Å². The van der Waals surface area contributed by atoms with Crippen molar-refractivity contribution in [1.82, 2.24) is 18.9 Å². The first kappa shape index (κ1) is 19.2. The van der Waals surface area contributed by atoms with Crippen molar-refractivity contribution in [3.8, 4) is 0 Å². The molecule has 0 radical (unpaired) electrons. The lowest BCUT2D eigenvalue weighted by Crippen LogP contribution is -2.49. The number of hydrogen-bond donors (Lipinski definition) is 0. The fraction of sp³-hybridized carbons (Fsp3) is 0.625. The number of hydrogen-bond acceptors (Lipinski definition) is 7. The first-order valence-electron chi connectivity index (χ1n) is 8.93. The van der Waals surface area contributed by atoms with Gasteiger partial charge in [-0.1, -0.05) is 0 Å². The zero-order valence-electron chi connectivity index (χ0n) is 15.4. The van der Waals surface area contributed by atoms with Gasteiger partial charge < -0.3 is 14.5 Å². The Morgan fingerprint density at radius 1 is 1.22 bits per heavy atom. The van der Waals surface area contributed by atoms with E-state index in [1.54, 1.807) is 0 Å². The zero-order chi connectivity index (χ0) is 19.2. The Hall–Kier alpha value is -1.18. The summed E-state index contributed by atoms with van der Waals surface area (Å²) < 4.78 is 33.5. The molecule has 0 amide bonds. The molecule has 9 nitrogen and oxygen atoms in total. The number of fused-ring (bicyclic) bond motifs is 1. The lowest BCUT2D eigenvalue weighted by Gasteiger charge is -2.37. The molecule has 27 heavy (non-hydrogen) atoms. The molecule has 0 N–H and O–H groups in total. The second kappa shape index (κ2) is 7.33. The average Bonchev–Trinajstić information content (AvgIpc) is 3.02. The monoisotopic (exact) mass is 506 g/mol. The third-order valence-electron chi connectivity index (χ3n) is 5.09. The molecule has 0 bridgehead atoms. The second-order valence-corrected chi connectivity index (χ2v) is 10.1. The van der Waals surface area contributed by atoms with Crippen LogP contribution >= 0.6 is 22.6 Å². The second-order valence-electron chi connectivity index (χ2n) is 6.97. The van der Waals surface area contributed by atoms with Crippen LogP contribution in [0, 0.1) is 3.57 Å². The van der Waals surface area contributed by atoms with E-state index in [4.69, 9.17) is 9.72 Å². The highest BCUT2D eigenvalue weighted by Gasteiger charge is 2.27. The highest BCUT2D eigenvalue weighted by Crippen LogP contribution is 2.27. The molecule has 2 aliphatic rings. The summed E-state index contributed by atoms with van der Waals surface area (Å²) in [6, 6.07) is 2.32. The summed E-state index contributed by atoms with van der Waals surface area (Å²) in [5, 5.41) is 4.50. The Morgan fingerprint density at radius 3 is 2.63 bits per heavy atom. The number of piperazine rings is 1. The maximum Gasteiger partial charge on any atom is 0.211 e. The van der Waals surface area contributed by atoms with E-state index in [1.807, 2.05) is 10.7 Å². The summed E-state index contributed by atoms with van der Waals surface area (Å²) in [5.74, 6) is 1.86. The van der Waals surface area contributed by atoms with Crippen LogP contribution in [-0.4, -0.2) is 85.6 Å². The van der Waals surface area contributed by atoms with Crippen molar-refractivity contribution in [3.63, 3.8) is 0 Å². The van der Waals surface area contributed by atoms with E-state index in [0.717, 1.165) is 27.4 Å². The van der Waals surface area contributed by atoms with E-state index >= 15 is 0 Å². The van der Waals surface area contributed by atoms with Gasteiger partial charge in [-0.25, -0.2) is 13.4 Å². The van der Waals surface area contributed by atoms with Gasteiger partial charge in [0.25, 0.3) is 0 Å². The van der Waals surface area contributed by atoms with E-state index in [0.29, 0.717) is 39.4 Å². The minimum Gasteiger partial charge on any atom is -0.377 e. The molecule has 11 heteroatoms. The van der Waals surface area contributed by atoms with Crippen molar-refractivity contribution in [3.05, 3.63) is 15.8 Å². The van der Waals surface area contributed by atoms with Crippen LogP contribution in [0.25, 0.3) is 5.65 Å². The topological polar surface area (TPSA) is 83.3 Å². The summed E-state index contributed by atoms with van der Waals surface area (Å²) in [7, 11) is -3.15. The van der Waals surface area contributed by atoms with Gasteiger partial charge in [-0.2, -0.15) is 13.9 Å². The first-order valence-corrected chi connectivity index (χ1v) is 11.9. The molecular formula is C16H23IN6O3S. The standard InChI is InChI=1S/C16H23IN6O3S/c1-12-11-26-8-7-22(12)14-9-15(23-16(19-14)13(17)10-18-23)20-3-5-21(6-4-20)27(2,24)25/h9-10,12H,3-8,11H2,1-2H3/t12-/m1/s1. The number of morpholine rings is 1. The lowest BCUT2D eigenvalue weighted by atomic mass is 10.2. The lowest BCUT2D eigenvalue weighted by molar-refractivity contribution is 0.0985. The number of ether oxygens (including phenoxy) is 1. The van der Waals surface area contributed by atoms with Gasteiger partial charge in [-0.05, 0) is 29.5 Å². The Labute approximate surface area is 172 Å². The van der Waals surface area contributed by atoms with Crippen LogP contribution in [0.5, 0.6) is 0 Å². The summed E-state index contributed by atoms with van der Waals surface area (Å²) in [5.41, 5.74) is 0.826. The van der Waals surface area contributed by atoms with E-state index in [-0.39, 0.29) is 6.04 Å². The normalized spacial score (nSPS) is 22.6. The van der Waals surface area contributed by atoms with E-state index in [1.165, 1.54) is 10.6 Å². The molecule has 0 saturated carbocycles. The fourth-order valence-electron chi connectivity index (χ4n) is 3.60. The Bertz CT molecular complexity index is 941. The van der Waals surface area contributed by atoms with Gasteiger partial charge in [0, 0.05) is 38.8 Å². The number of rotatable bonds is 3. The Kier molecular flexibility index (Phi) is 5.20. The molecule has 2 saturated heterocycles. The third kappa shape index (κ3) is 3.74. The average molecular weight is 506 g/mol. The van der Waals surface area contributed by atoms with Crippen molar-refractivity contribution in [2.24, 2.45) is 0 Å². The molecular weight excluding hydrogens is 483 g/mol. The fourth-order valence-corrected chi connectivity index (χ4v) is 4.90. The Morgan fingerprint density at radius 2 is 1.96 bits per heavy atom. The highest BCUT2D eigenvalue weighted by molar-refractivity contribution is 14.1. The molecule has 0 aliphatic carbocycles. The summed E-state index contributed by atoms with van der Waals surface area (Å²) in [6.45, 7) is 6.52. The molecule has 2 aromatic rings. The minimum atomic E-state index is -3.15. The predicted octanol–water partition coefficient (Wildman–Crippen LogP) is 0.641. The van der Waals surface area contributed by atoms with E-state index in [9.17, 15) is 8.42 Å². The SMILES string of the molecule is C[C@@H]1COCCN1c1cc(N2CCN(S(C)(=O)=O)CC2)n2ncc(I)c2n1. The first-order chi connectivity index (χ1) is 12.8. The van der Waals surface area contributed by atoms with Crippen LogP contribution in [0.2, 0.25) is 0 Å². The van der Waals surface area contributed by atoms with Gasteiger partial charge in [0.05, 0.1) is 35.3 Å². The number of anilines is 2. The predicted molar refractivity (Wildman–Crippen MR) is 112 cm³/mol. The van der Waals surface area contributed by atoms with E-state index in [2.05, 4.69) is 50.5 Å². The van der Waals surface area contributed by atoms with Crippen molar-refractivity contribution < 1.29 is 13.2 Å². The van der Waals surface area contributed by atoms with Crippen LogP contribution in [-0.2, 0) is 14.8 Å². The number of aromatic nitrogens is 3. The smallest absolute Gasteiger partial charge is 0.211 e.